The first-order valence-corrected chi connectivity index (χ1v) is 4.87. The predicted molar refractivity (Wildman–Crippen MR) is 56.7 cm³/mol. The number of nitrogens with zero attached hydrogens (tertiary/aromatic N) is 2. The van der Waals surface area contributed by atoms with Gasteiger partial charge < -0.3 is 9.47 Å². The van der Waals surface area contributed by atoms with E-state index in [-0.39, 0.29) is 11.8 Å². The van der Waals surface area contributed by atoms with Gasteiger partial charge in [-0.3, -0.25) is 4.79 Å². The Bertz CT molecular complexity index is 315. The van der Waals surface area contributed by atoms with Crippen LogP contribution in [0.5, 0.6) is 0 Å². The lowest BCUT2D eigenvalue weighted by molar-refractivity contribution is -0.133. The maximum atomic E-state index is 11.6. The molecule has 1 rings (SSSR count). The summed E-state index contributed by atoms with van der Waals surface area (Å²) in [5, 5.41) is 0. The second-order valence-corrected chi connectivity index (χ2v) is 3.96. The molecule has 1 aromatic heterocycles. The number of hydrogen-bond donors (Lipinski definition) is 0. The van der Waals surface area contributed by atoms with E-state index in [4.69, 9.17) is 0 Å². The molecule has 0 aliphatic carbocycles. The van der Waals surface area contributed by atoms with Crippen LogP contribution in [0.15, 0.2) is 18.3 Å². The molecule has 0 unspecified atom stereocenters. The smallest absolute Gasteiger partial charge is 0.225 e. The van der Waals surface area contributed by atoms with Crippen LogP contribution in [0.3, 0.4) is 0 Å². The van der Waals surface area contributed by atoms with Crippen molar-refractivity contribution in [2.75, 3.05) is 7.05 Å². The molecule has 0 saturated carbocycles. The molecule has 0 aliphatic heterocycles. The van der Waals surface area contributed by atoms with E-state index in [2.05, 4.69) is 0 Å². The van der Waals surface area contributed by atoms with Crippen LogP contribution in [0, 0.1) is 5.92 Å². The number of hydrogen-bond acceptors (Lipinski definition) is 1. The van der Waals surface area contributed by atoms with Crippen molar-refractivity contribution in [3.8, 4) is 0 Å². The SMILES string of the molecule is CC(C)C(=O)N(C)Cc1cccn1C. The Labute approximate surface area is 85.3 Å². The molecule has 1 heterocycles. The van der Waals surface area contributed by atoms with E-state index in [0.29, 0.717) is 6.54 Å². The van der Waals surface area contributed by atoms with E-state index in [9.17, 15) is 4.79 Å². The number of carbonyl (C=O) groups is 1. The van der Waals surface area contributed by atoms with Gasteiger partial charge in [-0.05, 0) is 12.1 Å². The fraction of sp³-hybridized carbons (Fsp3) is 0.545. The molecule has 1 aromatic rings. The lowest BCUT2D eigenvalue weighted by atomic mass is 10.2. The van der Waals surface area contributed by atoms with Gasteiger partial charge in [0.1, 0.15) is 0 Å². The van der Waals surface area contributed by atoms with E-state index in [1.807, 2.05) is 50.8 Å². The van der Waals surface area contributed by atoms with Crippen LogP contribution >= 0.6 is 0 Å². The third kappa shape index (κ3) is 2.37. The summed E-state index contributed by atoms with van der Waals surface area (Å²) in [5.41, 5.74) is 1.15. The Balaban J connectivity index is 2.62. The molecule has 14 heavy (non-hydrogen) atoms. The van der Waals surface area contributed by atoms with Crippen LogP contribution in [0.1, 0.15) is 19.5 Å². The number of carbonyl (C=O) groups excluding carboxylic acids is 1. The van der Waals surface area contributed by atoms with Gasteiger partial charge in [0.05, 0.1) is 6.54 Å². The third-order valence-corrected chi connectivity index (χ3v) is 2.32. The molecule has 3 heteroatoms. The number of amides is 1. The first-order valence-electron chi connectivity index (χ1n) is 4.87. The van der Waals surface area contributed by atoms with Gasteiger partial charge in [0.25, 0.3) is 0 Å². The molecule has 0 radical (unpaired) electrons. The van der Waals surface area contributed by atoms with Crippen molar-refractivity contribution in [1.82, 2.24) is 9.47 Å². The van der Waals surface area contributed by atoms with Gasteiger partial charge in [0, 0.05) is 31.9 Å². The topological polar surface area (TPSA) is 25.2 Å². The molecule has 0 saturated heterocycles. The second-order valence-electron chi connectivity index (χ2n) is 3.96. The van der Waals surface area contributed by atoms with Gasteiger partial charge in [-0.1, -0.05) is 13.8 Å². The summed E-state index contributed by atoms with van der Waals surface area (Å²) >= 11 is 0. The second kappa shape index (κ2) is 4.31. The normalized spacial score (nSPS) is 10.6. The monoisotopic (exact) mass is 194 g/mol. The maximum Gasteiger partial charge on any atom is 0.225 e. The minimum Gasteiger partial charge on any atom is -0.353 e. The summed E-state index contributed by atoms with van der Waals surface area (Å²) in [6.45, 7) is 4.52. The maximum absolute atomic E-state index is 11.6. The van der Waals surface area contributed by atoms with Crippen LogP contribution in [0.4, 0.5) is 0 Å². The average Bonchev–Trinajstić information content (AvgIpc) is 2.50. The van der Waals surface area contributed by atoms with Crippen molar-refractivity contribution in [1.29, 1.82) is 0 Å². The summed E-state index contributed by atoms with van der Waals surface area (Å²) in [4.78, 5) is 13.4. The fourth-order valence-corrected chi connectivity index (χ4v) is 1.42. The highest BCUT2D eigenvalue weighted by atomic mass is 16.2. The molecule has 1 amide bonds. The summed E-state index contributed by atoms with van der Waals surface area (Å²) in [6, 6.07) is 4.02. The van der Waals surface area contributed by atoms with E-state index in [1.165, 1.54) is 0 Å². The zero-order chi connectivity index (χ0) is 10.7. The molecule has 0 aliphatic rings. The molecule has 0 aromatic carbocycles. The Hall–Kier alpha value is -1.25. The van der Waals surface area contributed by atoms with Crippen LogP contribution in [0.2, 0.25) is 0 Å². The van der Waals surface area contributed by atoms with Crippen molar-refractivity contribution >= 4 is 5.91 Å². The highest BCUT2D eigenvalue weighted by Gasteiger charge is 2.13. The number of rotatable bonds is 3. The van der Waals surface area contributed by atoms with E-state index < -0.39 is 0 Å². The zero-order valence-electron chi connectivity index (χ0n) is 9.32. The quantitative estimate of drug-likeness (QED) is 0.718. The molecule has 78 valence electrons. The largest absolute Gasteiger partial charge is 0.353 e. The Morgan fingerprint density at radius 1 is 1.57 bits per heavy atom. The van der Waals surface area contributed by atoms with E-state index >= 15 is 0 Å². The molecule has 0 atom stereocenters. The molecule has 0 bridgehead atoms. The van der Waals surface area contributed by atoms with Crippen molar-refractivity contribution in [2.24, 2.45) is 13.0 Å². The first kappa shape index (κ1) is 10.8. The lowest BCUT2D eigenvalue weighted by Gasteiger charge is -2.19. The van der Waals surface area contributed by atoms with Crippen LogP contribution < -0.4 is 0 Å². The predicted octanol–water partition coefficient (Wildman–Crippen LogP) is 1.64. The molecule has 0 N–H and O–H groups in total. The van der Waals surface area contributed by atoms with E-state index in [0.717, 1.165) is 5.69 Å². The van der Waals surface area contributed by atoms with Crippen molar-refractivity contribution in [3.05, 3.63) is 24.0 Å². The lowest BCUT2D eigenvalue weighted by Crippen LogP contribution is -2.30. The van der Waals surface area contributed by atoms with Gasteiger partial charge >= 0.3 is 0 Å². The van der Waals surface area contributed by atoms with Crippen molar-refractivity contribution < 1.29 is 4.79 Å². The van der Waals surface area contributed by atoms with Crippen molar-refractivity contribution in [3.63, 3.8) is 0 Å². The average molecular weight is 194 g/mol. The minimum atomic E-state index is 0.0697. The number of aromatic nitrogens is 1. The zero-order valence-corrected chi connectivity index (χ0v) is 9.32. The van der Waals surface area contributed by atoms with Gasteiger partial charge in [0.15, 0.2) is 0 Å². The van der Waals surface area contributed by atoms with Crippen LogP contribution in [-0.2, 0) is 18.4 Å². The summed E-state index contributed by atoms with van der Waals surface area (Å²) in [5.74, 6) is 0.256. The Morgan fingerprint density at radius 3 is 2.64 bits per heavy atom. The van der Waals surface area contributed by atoms with Gasteiger partial charge in [0.2, 0.25) is 5.91 Å². The molecular formula is C11H18N2O. The van der Waals surface area contributed by atoms with Gasteiger partial charge in [-0.2, -0.15) is 0 Å². The molecule has 3 nitrogen and oxygen atoms in total. The van der Waals surface area contributed by atoms with Gasteiger partial charge in [-0.15, -0.1) is 0 Å². The molecule has 0 fully saturated rings. The first-order chi connectivity index (χ1) is 6.52. The Kier molecular flexibility index (Phi) is 3.33. The Morgan fingerprint density at radius 2 is 2.21 bits per heavy atom. The van der Waals surface area contributed by atoms with Gasteiger partial charge in [-0.25, -0.2) is 0 Å². The number of aryl methyl sites for hydroxylation is 1. The van der Waals surface area contributed by atoms with Crippen molar-refractivity contribution in [2.45, 2.75) is 20.4 Å². The summed E-state index contributed by atoms with van der Waals surface area (Å²) < 4.78 is 2.03. The standard InChI is InChI=1S/C11H18N2O/c1-9(2)11(14)13(4)8-10-6-5-7-12(10)3/h5-7,9H,8H2,1-4H3. The molecular weight excluding hydrogens is 176 g/mol. The highest BCUT2D eigenvalue weighted by Crippen LogP contribution is 2.06. The van der Waals surface area contributed by atoms with E-state index in [1.54, 1.807) is 4.90 Å². The molecule has 0 spiro atoms. The van der Waals surface area contributed by atoms with Crippen LogP contribution in [0.25, 0.3) is 0 Å². The summed E-state index contributed by atoms with van der Waals surface area (Å²) in [7, 11) is 3.83. The highest BCUT2D eigenvalue weighted by molar-refractivity contribution is 5.77. The summed E-state index contributed by atoms with van der Waals surface area (Å²) in [6.07, 6.45) is 1.99. The fourth-order valence-electron chi connectivity index (χ4n) is 1.42. The van der Waals surface area contributed by atoms with Crippen LogP contribution in [-0.4, -0.2) is 22.4 Å². The minimum absolute atomic E-state index is 0.0697. The third-order valence-electron chi connectivity index (χ3n) is 2.32.